The van der Waals surface area contributed by atoms with Crippen molar-refractivity contribution < 1.29 is 5.11 Å². The Morgan fingerprint density at radius 3 is 2.44 bits per heavy atom. The van der Waals surface area contributed by atoms with Gasteiger partial charge >= 0.3 is 0 Å². The number of aliphatic hydroxyl groups is 1. The second-order valence-corrected chi connectivity index (χ2v) is 5.91. The molecule has 136 valence electrons. The minimum absolute atomic E-state index is 0. The van der Waals surface area contributed by atoms with Crippen LogP contribution in [0.5, 0.6) is 0 Å². The van der Waals surface area contributed by atoms with Crippen LogP contribution in [-0.2, 0) is 13.0 Å². The molecule has 1 unspecified atom stereocenters. The lowest BCUT2D eigenvalue weighted by molar-refractivity contribution is 0.177. The molecule has 1 atom stereocenters. The van der Waals surface area contributed by atoms with E-state index in [-0.39, 0.29) is 24.0 Å². The number of aliphatic imine (C=N–C) groups is 1. The maximum Gasteiger partial charge on any atom is 0.191 e. The van der Waals surface area contributed by atoms with Crippen molar-refractivity contribution in [1.82, 2.24) is 10.6 Å². The van der Waals surface area contributed by atoms with Gasteiger partial charge in [-0.05, 0) is 25.0 Å². The van der Waals surface area contributed by atoms with Gasteiger partial charge in [-0.15, -0.1) is 24.0 Å². The fourth-order valence-electron chi connectivity index (χ4n) is 2.50. The number of guanidine groups is 1. The largest absolute Gasteiger partial charge is 0.391 e. The summed E-state index contributed by atoms with van der Waals surface area (Å²) in [6.45, 7) is 5.98. The molecule has 0 radical (unpaired) electrons. The fraction of sp³-hybridized carbons (Fsp3) is 0.350. The van der Waals surface area contributed by atoms with Crippen LogP contribution in [0.2, 0.25) is 0 Å². The van der Waals surface area contributed by atoms with Gasteiger partial charge in [-0.2, -0.15) is 0 Å². The Labute approximate surface area is 167 Å². The van der Waals surface area contributed by atoms with Crippen LogP contribution >= 0.6 is 24.0 Å². The van der Waals surface area contributed by atoms with Gasteiger partial charge in [-0.1, -0.05) is 60.2 Å². The van der Waals surface area contributed by atoms with E-state index in [1.807, 2.05) is 43.3 Å². The summed E-state index contributed by atoms with van der Waals surface area (Å²) in [5, 5.41) is 16.6. The zero-order valence-electron chi connectivity index (χ0n) is 14.9. The van der Waals surface area contributed by atoms with Crippen LogP contribution in [-0.4, -0.2) is 30.3 Å². The second-order valence-electron chi connectivity index (χ2n) is 5.91. The SMILES string of the molecule is CCNC(=NCc1cccc(C)c1)NCC(O)Cc1ccccc1.I. The average molecular weight is 453 g/mol. The van der Waals surface area contributed by atoms with Gasteiger partial charge in [-0.25, -0.2) is 4.99 Å². The molecule has 0 saturated carbocycles. The van der Waals surface area contributed by atoms with Crippen LogP contribution in [0, 0.1) is 6.92 Å². The number of nitrogens with zero attached hydrogens (tertiary/aromatic N) is 1. The van der Waals surface area contributed by atoms with E-state index < -0.39 is 6.10 Å². The quantitative estimate of drug-likeness (QED) is 0.343. The van der Waals surface area contributed by atoms with Crippen molar-refractivity contribution in [3.05, 3.63) is 71.3 Å². The molecule has 5 heteroatoms. The number of aryl methyl sites for hydroxylation is 1. The van der Waals surface area contributed by atoms with Crippen LogP contribution in [0.1, 0.15) is 23.6 Å². The highest BCUT2D eigenvalue weighted by Gasteiger charge is 2.06. The first-order valence-corrected chi connectivity index (χ1v) is 8.47. The third kappa shape index (κ3) is 8.36. The number of rotatable bonds is 7. The Balaban J connectivity index is 0.00000312. The number of hydrogen-bond donors (Lipinski definition) is 3. The summed E-state index contributed by atoms with van der Waals surface area (Å²) in [4.78, 5) is 4.59. The van der Waals surface area contributed by atoms with Crippen molar-refractivity contribution in [2.24, 2.45) is 4.99 Å². The lowest BCUT2D eigenvalue weighted by Gasteiger charge is -2.15. The van der Waals surface area contributed by atoms with Crippen molar-refractivity contribution in [3.8, 4) is 0 Å². The molecule has 0 spiro atoms. The smallest absolute Gasteiger partial charge is 0.191 e. The molecule has 4 nitrogen and oxygen atoms in total. The Morgan fingerprint density at radius 2 is 1.76 bits per heavy atom. The number of halogens is 1. The Bertz CT molecular complexity index is 646. The Morgan fingerprint density at radius 1 is 1.04 bits per heavy atom. The topological polar surface area (TPSA) is 56.7 Å². The first-order valence-electron chi connectivity index (χ1n) is 8.47. The third-order valence-corrected chi connectivity index (χ3v) is 3.67. The molecule has 0 saturated heterocycles. The van der Waals surface area contributed by atoms with E-state index in [1.165, 1.54) is 11.1 Å². The van der Waals surface area contributed by atoms with Crippen LogP contribution < -0.4 is 10.6 Å². The predicted molar refractivity (Wildman–Crippen MR) is 116 cm³/mol. The summed E-state index contributed by atoms with van der Waals surface area (Å²) in [5.74, 6) is 0.728. The van der Waals surface area contributed by atoms with Crippen LogP contribution in [0.3, 0.4) is 0 Å². The highest BCUT2D eigenvalue weighted by Crippen LogP contribution is 2.05. The van der Waals surface area contributed by atoms with Crippen LogP contribution in [0.25, 0.3) is 0 Å². The molecule has 0 aromatic heterocycles. The number of nitrogens with one attached hydrogen (secondary N) is 2. The lowest BCUT2D eigenvalue weighted by atomic mass is 10.1. The molecule has 0 bridgehead atoms. The summed E-state index contributed by atoms with van der Waals surface area (Å²) in [5.41, 5.74) is 3.55. The molecule has 2 rings (SSSR count). The van der Waals surface area contributed by atoms with E-state index in [0.29, 0.717) is 19.5 Å². The lowest BCUT2D eigenvalue weighted by Crippen LogP contribution is -2.41. The highest BCUT2D eigenvalue weighted by atomic mass is 127. The van der Waals surface area contributed by atoms with Gasteiger partial charge in [0.15, 0.2) is 5.96 Å². The predicted octanol–water partition coefficient (Wildman–Crippen LogP) is 3.27. The molecule has 0 fully saturated rings. The zero-order valence-corrected chi connectivity index (χ0v) is 17.2. The Kier molecular flexibility index (Phi) is 10.2. The summed E-state index contributed by atoms with van der Waals surface area (Å²) in [6.07, 6.45) is 0.181. The van der Waals surface area contributed by atoms with Gasteiger partial charge in [0.1, 0.15) is 0 Å². The second kappa shape index (κ2) is 11.9. The Hall–Kier alpha value is -1.60. The number of benzene rings is 2. The molecule has 0 amide bonds. The van der Waals surface area contributed by atoms with Gasteiger partial charge in [0.05, 0.1) is 12.6 Å². The van der Waals surface area contributed by atoms with Gasteiger partial charge in [-0.3, -0.25) is 0 Å². The van der Waals surface area contributed by atoms with Gasteiger partial charge in [0.2, 0.25) is 0 Å². The number of aliphatic hydroxyl groups excluding tert-OH is 1. The van der Waals surface area contributed by atoms with E-state index in [0.717, 1.165) is 18.1 Å². The molecule has 2 aromatic rings. The molecule has 0 heterocycles. The van der Waals surface area contributed by atoms with Crippen LogP contribution in [0.4, 0.5) is 0 Å². The van der Waals surface area contributed by atoms with Crippen molar-refractivity contribution in [2.45, 2.75) is 32.9 Å². The molecular formula is C20H28IN3O. The molecule has 2 aromatic carbocycles. The van der Waals surface area contributed by atoms with E-state index in [2.05, 4.69) is 40.7 Å². The standard InChI is InChI=1S/C20H27N3O.HI/c1-3-21-20(22-14-18-11-7-8-16(2)12-18)23-15-19(24)13-17-9-5-4-6-10-17;/h4-12,19,24H,3,13-15H2,1-2H3,(H2,21,22,23);1H. The summed E-state index contributed by atoms with van der Waals surface area (Å²) in [6, 6.07) is 18.4. The van der Waals surface area contributed by atoms with E-state index >= 15 is 0 Å². The summed E-state index contributed by atoms with van der Waals surface area (Å²) < 4.78 is 0. The van der Waals surface area contributed by atoms with E-state index in [4.69, 9.17) is 0 Å². The number of hydrogen-bond acceptors (Lipinski definition) is 2. The molecule has 3 N–H and O–H groups in total. The maximum atomic E-state index is 10.2. The monoisotopic (exact) mass is 453 g/mol. The molecule has 0 aliphatic heterocycles. The highest BCUT2D eigenvalue weighted by molar-refractivity contribution is 14.0. The fourth-order valence-corrected chi connectivity index (χ4v) is 2.50. The van der Waals surface area contributed by atoms with E-state index in [1.54, 1.807) is 0 Å². The first-order chi connectivity index (χ1) is 11.7. The normalized spacial score (nSPS) is 12.2. The average Bonchev–Trinajstić information content (AvgIpc) is 2.58. The van der Waals surface area contributed by atoms with E-state index in [9.17, 15) is 5.11 Å². The summed E-state index contributed by atoms with van der Waals surface area (Å²) in [7, 11) is 0. The van der Waals surface area contributed by atoms with Crippen molar-refractivity contribution >= 4 is 29.9 Å². The van der Waals surface area contributed by atoms with Gasteiger partial charge < -0.3 is 15.7 Å². The molecule has 0 aliphatic carbocycles. The third-order valence-electron chi connectivity index (χ3n) is 3.67. The van der Waals surface area contributed by atoms with Crippen molar-refractivity contribution in [1.29, 1.82) is 0 Å². The van der Waals surface area contributed by atoms with Crippen molar-refractivity contribution in [2.75, 3.05) is 13.1 Å². The minimum atomic E-state index is -0.449. The minimum Gasteiger partial charge on any atom is -0.391 e. The molecule has 0 aliphatic rings. The van der Waals surface area contributed by atoms with Crippen molar-refractivity contribution in [3.63, 3.8) is 0 Å². The van der Waals surface area contributed by atoms with Gasteiger partial charge in [0.25, 0.3) is 0 Å². The first kappa shape index (κ1) is 21.4. The summed E-state index contributed by atoms with van der Waals surface area (Å²) >= 11 is 0. The molecular weight excluding hydrogens is 425 g/mol. The maximum absolute atomic E-state index is 10.2. The molecule has 25 heavy (non-hydrogen) atoms. The van der Waals surface area contributed by atoms with Crippen LogP contribution in [0.15, 0.2) is 59.6 Å². The zero-order chi connectivity index (χ0) is 17.2. The van der Waals surface area contributed by atoms with Gasteiger partial charge in [0, 0.05) is 19.5 Å².